The summed E-state index contributed by atoms with van der Waals surface area (Å²) in [4.78, 5) is 14.1. The van der Waals surface area contributed by atoms with E-state index < -0.39 is 37.9 Å². The molecule has 5 rings (SSSR count). The molecular weight excluding hydrogens is 553 g/mol. The first-order chi connectivity index (χ1) is 19.6. The van der Waals surface area contributed by atoms with E-state index in [1.807, 2.05) is 41.7 Å². The summed E-state index contributed by atoms with van der Waals surface area (Å²) in [7, 11) is -0.373. The molecule has 0 fully saturated rings. The Balaban J connectivity index is 1.45. The fraction of sp³-hybridized carbons (Fsp3) is 0.207. The molecule has 0 amide bonds. The lowest BCUT2D eigenvalue weighted by atomic mass is 10.0. The van der Waals surface area contributed by atoms with Crippen LogP contribution in [0.25, 0.3) is 28.3 Å². The maximum Gasteiger partial charge on any atom is 0.220 e. The molecule has 3 heterocycles. The molecule has 2 aromatic carbocycles. The third-order valence-electron chi connectivity index (χ3n) is 6.72. The largest absolute Gasteiger partial charge is 0.378 e. The average Bonchev–Trinajstić information content (AvgIpc) is 3.30. The van der Waals surface area contributed by atoms with Crippen LogP contribution in [-0.2, 0) is 16.3 Å². The number of halogens is 3. The lowest BCUT2D eigenvalue weighted by Crippen LogP contribution is -2.11. The topological polar surface area (TPSA) is 106 Å². The van der Waals surface area contributed by atoms with Crippen molar-refractivity contribution < 1.29 is 21.6 Å². The van der Waals surface area contributed by atoms with Gasteiger partial charge in [-0.2, -0.15) is 0 Å². The zero-order valence-corrected chi connectivity index (χ0v) is 23.2. The van der Waals surface area contributed by atoms with Gasteiger partial charge in [0.1, 0.15) is 33.7 Å². The van der Waals surface area contributed by atoms with Crippen LogP contribution in [0.15, 0.2) is 71.9 Å². The van der Waals surface area contributed by atoms with Gasteiger partial charge in [-0.1, -0.05) is 18.2 Å². The Bertz CT molecular complexity index is 1840. The van der Waals surface area contributed by atoms with Gasteiger partial charge < -0.3 is 10.6 Å². The summed E-state index contributed by atoms with van der Waals surface area (Å²) in [5.41, 5.74) is 9.29. The SMILES string of the molecule is CN(C)c1ccn2c(-c3ccnc(N)n3)c(-c3cccc(CCCCS(=O)(=O)c4c(F)cccc4F)c3F)nc2c1. The molecule has 0 spiro atoms. The van der Waals surface area contributed by atoms with Crippen LogP contribution in [0.1, 0.15) is 18.4 Å². The van der Waals surface area contributed by atoms with Crippen LogP contribution in [0, 0.1) is 17.5 Å². The summed E-state index contributed by atoms with van der Waals surface area (Å²) in [6.07, 6.45) is 3.93. The quantitative estimate of drug-likeness (QED) is 0.235. The number of nitrogens with two attached hydrogens (primary N) is 1. The van der Waals surface area contributed by atoms with Crippen molar-refractivity contribution in [3.05, 3.63) is 90.0 Å². The van der Waals surface area contributed by atoms with E-state index in [4.69, 9.17) is 10.7 Å². The number of hydrogen-bond donors (Lipinski definition) is 1. The van der Waals surface area contributed by atoms with E-state index in [1.54, 1.807) is 24.3 Å². The standard InChI is InChI=1S/C29H27F3N6O2S/c1-37(2)19-13-15-38-24(17-19)36-26(27(38)23-12-14-34-29(33)35-23)20-9-5-8-18(25(20)32)7-3-4-16-41(39,40)28-21(30)10-6-11-22(28)31/h5-6,8-15,17H,3-4,7,16H2,1-2H3,(H2,33,34,35). The number of anilines is 2. The molecule has 0 aliphatic rings. The number of aryl methyl sites for hydroxylation is 1. The van der Waals surface area contributed by atoms with Gasteiger partial charge in [-0.3, -0.25) is 4.40 Å². The normalized spacial score (nSPS) is 11.7. The molecule has 41 heavy (non-hydrogen) atoms. The van der Waals surface area contributed by atoms with Gasteiger partial charge in [0.25, 0.3) is 0 Å². The number of hydrogen-bond acceptors (Lipinski definition) is 7. The van der Waals surface area contributed by atoms with Gasteiger partial charge in [0.05, 0.1) is 17.1 Å². The van der Waals surface area contributed by atoms with Crippen molar-refractivity contribution in [1.82, 2.24) is 19.4 Å². The molecule has 212 valence electrons. The number of aromatic nitrogens is 4. The maximum absolute atomic E-state index is 16.0. The van der Waals surface area contributed by atoms with Gasteiger partial charge in [-0.05, 0) is 55.2 Å². The summed E-state index contributed by atoms with van der Waals surface area (Å²) in [6.45, 7) is 0. The second-order valence-corrected chi connectivity index (χ2v) is 11.8. The fourth-order valence-electron chi connectivity index (χ4n) is 4.70. The number of rotatable bonds is 9. The van der Waals surface area contributed by atoms with Crippen molar-refractivity contribution in [2.45, 2.75) is 24.2 Å². The Kier molecular flexibility index (Phi) is 7.68. The fourth-order valence-corrected chi connectivity index (χ4v) is 6.21. The van der Waals surface area contributed by atoms with Crippen molar-refractivity contribution >= 4 is 27.1 Å². The van der Waals surface area contributed by atoms with Gasteiger partial charge >= 0.3 is 0 Å². The zero-order valence-electron chi connectivity index (χ0n) is 22.4. The Morgan fingerprint density at radius 2 is 1.68 bits per heavy atom. The predicted molar refractivity (Wildman–Crippen MR) is 152 cm³/mol. The molecule has 0 saturated carbocycles. The van der Waals surface area contributed by atoms with Crippen LogP contribution >= 0.6 is 0 Å². The Labute approximate surface area is 235 Å². The average molecular weight is 581 g/mol. The van der Waals surface area contributed by atoms with Gasteiger partial charge in [0.15, 0.2) is 9.84 Å². The number of pyridine rings is 1. The van der Waals surface area contributed by atoms with Crippen LogP contribution < -0.4 is 10.6 Å². The minimum atomic E-state index is -4.18. The smallest absolute Gasteiger partial charge is 0.220 e. The molecule has 0 atom stereocenters. The van der Waals surface area contributed by atoms with Crippen LogP contribution in [0.4, 0.5) is 24.8 Å². The maximum atomic E-state index is 16.0. The molecule has 0 saturated heterocycles. The zero-order chi connectivity index (χ0) is 29.3. The lowest BCUT2D eigenvalue weighted by molar-refractivity contribution is 0.518. The van der Waals surface area contributed by atoms with E-state index in [1.165, 1.54) is 6.20 Å². The number of nitrogens with zero attached hydrogens (tertiary/aromatic N) is 5. The highest BCUT2D eigenvalue weighted by molar-refractivity contribution is 7.91. The number of nitrogen functional groups attached to an aromatic ring is 1. The van der Waals surface area contributed by atoms with E-state index in [-0.39, 0.29) is 30.8 Å². The van der Waals surface area contributed by atoms with Crippen molar-refractivity contribution in [3.8, 4) is 22.6 Å². The first-order valence-corrected chi connectivity index (χ1v) is 14.4. The summed E-state index contributed by atoms with van der Waals surface area (Å²) in [5, 5.41) is 0. The number of sulfone groups is 1. The van der Waals surface area contributed by atoms with Gasteiger partial charge in [0, 0.05) is 43.8 Å². The third kappa shape index (κ3) is 5.60. The third-order valence-corrected chi connectivity index (χ3v) is 8.55. The summed E-state index contributed by atoms with van der Waals surface area (Å²) >= 11 is 0. The van der Waals surface area contributed by atoms with E-state index in [0.29, 0.717) is 28.3 Å². The van der Waals surface area contributed by atoms with Crippen molar-refractivity contribution in [3.63, 3.8) is 0 Å². The lowest BCUT2D eigenvalue weighted by Gasteiger charge is -2.12. The van der Waals surface area contributed by atoms with E-state index in [2.05, 4.69) is 9.97 Å². The molecule has 0 aliphatic heterocycles. The summed E-state index contributed by atoms with van der Waals surface area (Å²) < 4.78 is 70.9. The van der Waals surface area contributed by atoms with Gasteiger partial charge in [0.2, 0.25) is 5.95 Å². The van der Waals surface area contributed by atoms with Crippen LogP contribution in [0.5, 0.6) is 0 Å². The monoisotopic (exact) mass is 580 g/mol. The number of benzene rings is 2. The van der Waals surface area contributed by atoms with Crippen LogP contribution in [0.3, 0.4) is 0 Å². The Morgan fingerprint density at radius 1 is 0.951 bits per heavy atom. The molecule has 2 N–H and O–H groups in total. The van der Waals surface area contributed by atoms with Gasteiger partial charge in [-0.25, -0.2) is 36.5 Å². The second-order valence-electron chi connectivity index (χ2n) is 9.72. The summed E-state index contributed by atoms with van der Waals surface area (Å²) in [5.74, 6) is -3.17. The molecule has 12 heteroatoms. The van der Waals surface area contributed by atoms with Crippen molar-refractivity contribution in [2.24, 2.45) is 0 Å². The molecule has 0 radical (unpaired) electrons. The van der Waals surface area contributed by atoms with Crippen molar-refractivity contribution in [2.75, 3.05) is 30.5 Å². The minimum absolute atomic E-state index is 0.0627. The molecule has 3 aromatic heterocycles. The van der Waals surface area contributed by atoms with E-state index in [0.717, 1.165) is 23.9 Å². The highest BCUT2D eigenvalue weighted by Crippen LogP contribution is 2.35. The van der Waals surface area contributed by atoms with Gasteiger partial charge in [-0.15, -0.1) is 0 Å². The molecular formula is C29H27F3N6O2S. The van der Waals surface area contributed by atoms with Crippen LogP contribution in [0.2, 0.25) is 0 Å². The van der Waals surface area contributed by atoms with E-state index in [9.17, 15) is 17.2 Å². The molecule has 8 nitrogen and oxygen atoms in total. The Morgan fingerprint density at radius 3 is 2.39 bits per heavy atom. The first-order valence-electron chi connectivity index (χ1n) is 12.8. The number of imidazole rings is 1. The summed E-state index contributed by atoms with van der Waals surface area (Å²) in [6, 6.07) is 13.3. The molecule has 0 aliphatic carbocycles. The number of unbranched alkanes of at least 4 members (excludes halogenated alkanes) is 1. The minimum Gasteiger partial charge on any atom is -0.378 e. The van der Waals surface area contributed by atoms with Crippen molar-refractivity contribution in [1.29, 1.82) is 0 Å². The second kappa shape index (κ2) is 11.2. The highest BCUT2D eigenvalue weighted by atomic mass is 32.2. The molecule has 0 bridgehead atoms. The molecule has 0 unspecified atom stereocenters. The predicted octanol–water partition coefficient (Wildman–Crippen LogP) is 5.32. The first kappa shape index (κ1) is 28.1. The number of fused-ring (bicyclic) bond motifs is 1. The van der Waals surface area contributed by atoms with E-state index >= 15 is 4.39 Å². The highest BCUT2D eigenvalue weighted by Gasteiger charge is 2.24. The molecule has 5 aromatic rings. The Hall–Kier alpha value is -4.45. The van der Waals surface area contributed by atoms with Crippen LogP contribution in [-0.4, -0.2) is 47.6 Å².